The highest BCUT2D eigenvalue weighted by atomic mass is 35.5. The number of carbonyl (C=O) groups is 1. The number of ether oxygens (including phenoxy) is 1. The van der Waals surface area contributed by atoms with Crippen LogP contribution < -0.4 is 10.9 Å². The van der Waals surface area contributed by atoms with Crippen molar-refractivity contribution in [3.63, 3.8) is 0 Å². The molecule has 208 valence electrons. The second-order valence-electron chi connectivity index (χ2n) is 11.8. The maximum absolute atomic E-state index is 13.8. The monoisotopic (exact) mass is 551 g/mol. The van der Waals surface area contributed by atoms with Crippen LogP contribution in [0.25, 0.3) is 17.2 Å². The van der Waals surface area contributed by atoms with E-state index in [1.165, 1.54) is 29.8 Å². The molecule has 2 N–H and O–H groups in total. The van der Waals surface area contributed by atoms with Crippen LogP contribution >= 0.6 is 11.6 Å². The number of aromatic nitrogens is 4. The summed E-state index contributed by atoms with van der Waals surface area (Å²) in [6.45, 7) is 0.760. The van der Waals surface area contributed by atoms with Gasteiger partial charge in [-0.2, -0.15) is 9.50 Å². The van der Waals surface area contributed by atoms with E-state index < -0.39 is 5.60 Å². The first kappa shape index (κ1) is 26.5. The Labute approximate surface area is 233 Å². The molecule has 0 bridgehead atoms. The molecule has 0 radical (unpaired) electrons. The number of hydrogen-bond donors (Lipinski definition) is 2. The van der Waals surface area contributed by atoms with E-state index >= 15 is 0 Å². The Morgan fingerprint density at radius 3 is 2.51 bits per heavy atom. The zero-order chi connectivity index (χ0) is 26.9. The number of nitrogens with zero attached hydrogens (tertiary/aromatic N) is 3. The van der Waals surface area contributed by atoms with Gasteiger partial charge in [0, 0.05) is 23.6 Å². The quantitative estimate of drug-likeness (QED) is 0.366. The van der Waals surface area contributed by atoms with Crippen molar-refractivity contribution in [1.82, 2.24) is 24.9 Å². The van der Waals surface area contributed by atoms with Gasteiger partial charge in [-0.1, -0.05) is 68.9 Å². The summed E-state index contributed by atoms with van der Waals surface area (Å²) in [5.74, 6) is 1.31. The molecule has 3 aliphatic carbocycles. The molecule has 0 aliphatic heterocycles. The first-order valence-electron chi connectivity index (χ1n) is 14.6. The summed E-state index contributed by atoms with van der Waals surface area (Å²) in [7, 11) is 0. The minimum absolute atomic E-state index is 0.0284. The van der Waals surface area contributed by atoms with Gasteiger partial charge in [-0.3, -0.25) is 14.7 Å². The molecular weight excluding hydrogens is 514 g/mol. The number of benzene rings is 1. The Morgan fingerprint density at radius 2 is 1.79 bits per heavy atom. The molecule has 0 saturated heterocycles. The Balaban J connectivity index is 1.17. The van der Waals surface area contributed by atoms with Crippen molar-refractivity contribution < 1.29 is 9.53 Å². The van der Waals surface area contributed by atoms with Gasteiger partial charge in [-0.15, -0.1) is 11.6 Å². The number of hydrogen-bond acceptors (Lipinski definition) is 5. The second kappa shape index (κ2) is 11.0. The summed E-state index contributed by atoms with van der Waals surface area (Å²) in [5.41, 5.74) is 0.313. The number of rotatable bonds is 8. The Bertz CT molecular complexity index is 1360. The first-order chi connectivity index (χ1) is 19.0. The Kier molecular flexibility index (Phi) is 7.51. The molecule has 1 aromatic carbocycles. The van der Waals surface area contributed by atoms with Crippen LogP contribution in [-0.4, -0.2) is 43.0 Å². The molecule has 2 unspecified atom stereocenters. The Morgan fingerprint density at radius 1 is 1.03 bits per heavy atom. The van der Waals surface area contributed by atoms with Crippen molar-refractivity contribution in [3.8, 4) is 11.4 Å². The molecule has 3 fully saturated rings. The lowest BCUT2D eigenvalue weighted by Gasteiger charge is -2.51. The number of fused-ring (bicyclic) bond motifs is 1. The van der Waals surface area contributed by atoms with Gasteiger partial charge >= 0.3 is 0 Å². The number of carbonyl (C=O) groups excluding carboxylic acids is 1. The van der Waals surface area contributed by atoms with E-state index in [4.69, 9.17) is 16.3 Å². The van der Waals surface area contributed by atoms with Crippen molar-refractivity contribution in [2.75, 3.05) is 6.54 Å². The zero-order valence-corrected chi connectivity index (χ0v) is 23.2. The smallest absolute Gasteiger partial charge is 0.274 e. The predicted octanol–water partition coefficient (Wildman–Crippen LogP) is 5.39. The molecule has 2 heterocycles. The fourth-order valence-electron chi connectivity index (χ4n) is 7.00. The fraction of sp³-hybridized carbons (Fsp3) is 0.600. The standard InChI is InChI=1S/C30H38ClN5O3/c31-24-13-6-5-12-23(24)29(14-9-15-29)20-32-27(38)30(16-7-2-8-17-30)39-19-22-18-25(37)36-28(33-22)34-26(35-36)21-10-3-1-4-11-21/h1,3-4,10-11,18,23-24H,2,5-9,12-17,19-20H2,(H,32,38)(H,33,34,35). The molecule has 39 heavy (non-hydrogen) atoms. The van der Waals surface area contributed by atoms with E-state index in [1.54, 1.807) is 0 Å². The van der Waals surface area contributed by atoms with Crippen LogP contribution in [0.2, 0.25) is 0 Å². The number of halogens is 1. The largest absolute Gasteiger partial charge is 0.359 e. The SMILES string of the molecule is O=C(NCC1(C2CCCCC2Cl)CCC1)C1(OCc2cc(=O)n3[nH]c(-c4ccccc4)nc3n2)CCCCC1. The zero-order valence-electron chi connectivity index (χ0n) is 22.5. The molecule has 3 saturated carbocycles. The lowest BCUT2D eigenvalue weighted by atomic mass is 9.57. The third-order valence-electron chi connectivity index (χ3n) is 9.42. The van der Waals surface area contributed by atoms with E-state index in [2.05, 4.69) is 20.4 Å². The molecule has 3 aromatic rings. The van der Waals surface area contributed by atoms with Gasteiger partial charge in [0.2, 0.25) is 0 Å². The van der Waals surface area contributed by atoms with Crippen LogP contribution in [0.3, 0.4) is 0 Å². The highest BCUT2D eigenvalue weighted by Crippen LogP contribution is 2.53. The van der Waals surface area contributed by atoms with E-state index in [9.17, 15) is 9.59 Å². The van der Waals surface area contributed by atoms with Gasteiger partial charge < -0.3 is 10.1 Å². The molecule has 0 spiro atoms. The average Bonchev–Trinajstić information content (AvgIpc) is 3.38. The maximum atomic E-state index is 13.8. The molecule has 8 nitrogen and oxygen atoms in total. The van der Waals surface area contributed by atoms with E-state index in [-0.39, 0.29) is 34.6 Å². The van der Waals surface area contributed by atoms with Crippen molar-refractivity contribution in [3.05, 3.63) is 52.4 Å². The van der Waals surface area contributed by atoms with Gasteiger partial charge in [-0.25, -0.2) is 4.98 Å². The lowest BCUT2D eigenvalue weighted by Crippen LogP contribution is -2.56. The topological polar surface area (TPSA) is 101 Å². The number of alkyl halides is 1. The molecule has 3 aliphatic rings. The van der Waals surface area contributed by atoms with Gasteiger partial charge in [-0.05, 0) is 49.9 Å². The van der Waals surface area contributed by atoms with Gasteiger partial charge in [0.15, 0.2) is 5.82 Å². The number of amides is 1. The summed E-state index contributed by atoms with van der Waals surface area (Å²) in [6, 6.07) is 11.1. The van der Waals surface area contributed by atoms with Crippen molar-refractivity contribution in [1.29, 1.82) is 0 Å². The summed E-state index contributed by atoms with van der Waals surface area (Å²) in [5, 5.41) is 6.56. The third-order valence-corrected chi connectivity index (χ3v) is 9.94. The second-order valence-corrected chi connectivity index (χ2v) is 12.4. The van der Waals surface area contributed by atoms with Crippen LogP contribution in [0.15, 0.2) is 41.2 Å². The minimum Gasteiger partial charge on any atom is -0.359 e. The summed E-state index contributed by atoms with van der Waals surface area (Å²) < 4.78 is 7.75. The predicted molar refractivity (Wildman–Crippen MR) is 151 cm³/mol. The number of aromatic amines is 1. The number of nitrogens with one attached hydrogen (secondary N) is 2. The van der Waals surface area contributed by atoms with Crippen molar-refractivity contribution in [2.45, 2.75) is 94.6 Å². The first-order valence-corrected chi connectivity index (χ1v) is 15.0. The molecule has 2 atom stereocenters. The number of H-pyrrole nitrogens is 1. The molecule has 1 amide bonds. The fourth-order valence-corrected chi connectivity index (χ4v) is 7.55. The highest BCUT2D eigenvalue weighted by Gasteiger charge is 2.49. The molecule has 2 aromatic heterocycles. The maximum Gasteiger partial charge on any atom is 0.274 e. The van der Waals surface area contributed by atoms with Crippen LogP contribution in [-0.2, 0) is 16.1 Å². The van der Waals surface area contributed by atoms with Crippen LogP contribution in [0, 0.1) is 11.3 Å². The van der Waals surface area contributed by atoms with Crippen LogP contribution in [0.1, 0.15) is 82.7 Å². The van der Waals surface area contributed by atoms with E-state index in [0.29, 0.717) is 36.8 Å². The van der Waals surface area contributed by atoms with Gasteiger partial charge in [0.1, 0.15) is 5.60 Å². The van der Waals surface area contributed by atoms with Crippen molar-refractivity contribution in [2.24, 2.45) is 11.3 Å². The van der Waals surface area contributed by atoms with Crippen LogP contribution in [0.5, 0.6) is 0 Å². The minimum atomic E-state index is -0.899. The van der Waals surface area contributed by atoms with Crippen LogP contribution in [0.4, 0.5) is 0 Å². The molecule has 9 heteroatoms. The highest BCUT2D eigenvalue weighted by molar-refractivity contribution is 6.20. The third kappa shape index (κ3) is 5.25. The summed E-state index contributed by atoms with van der Waals surface area (Å²) in [6.07, 6.45) is 12.5. The van der Waals surface area contributed by atoms with E-state index in [1.807, 2.05) is 30.3 Å². The lowest BCUT2D eigenvalue weighted by molar-refractivity contribution is -0.156. The average molecular weight is 552 g/mol. The van der Waals surface area contributed by atoms with Gasteiger partial charge in [0.05, 0.1) is 12.3 Å². The van der Waals surface area contributed by atoms with Gasteiger partial charge in [0.25, 0.3) is 17.2 Å². The van der Waals surface area contributed by atoms with Crippen molar-refractivity contribution >= 4 is 23.3 Å². The van der Waals surface area contributed by atoms with E-state index in [0.717, 1.165) is 50.5 Å². The summed E-state index contributed by atoms with van der Waals surface area (Å²) >= 11 is 6.80. The molecule has 6 rings (SSSR count). The normalized spacial score (nSPS) is 24.2. The summed E-state index contributed by atoms with van der Waals surface area (Å²) in [4.78, 5) is 35.7. The molecular formula is C30H38ClN5O3. The Hall–Kier alpha value is -2.71.